The fourth-order valence-electron chi connectivity index (χ4n) is 2.42. The maximum atomic E-state index is 6.46. The van der Waals surface area contributed by atoms with Crippen LogP contribution in [0, 0.1) is 6.92 Å². The SMILES string of the molecule is Cc1c(Cl)c(-c2cn(C)nn2)nc2cc3c(cc12)OCO3. The summed E-state index contributed by atoms with van der Waals surface area (Å²) in [6.07, 6.45) is 1.78. The molecule has 7 heteroatoms. The van der Waals surface area contributed by atoms with Gasteiger partial charge in [0.1, 0.15) is 11.4 Å². The number of halogens is 1. The molecule has 21 heavy (non-hydrogen) atoms. The van der Waals surface area contributed by atoms with E-state index in [0.29, 0.717) is 22.2 Å². The highest BCUT2D eigenvalue weighted by Gasteiger charge is 2.19. The van der Waals surface area contributed by atoms with Crippen LogP contribution in [-0.4, -0.2) is 26.8 Å². The van der Waals surface area contributed by atoms with E-state index in [1.807, 2.05) is 19.1 Å². The van der Waals surface area contributed by atoms with Crippen LogP contribution in [0.4, 0.5) is 0 Å². The molecule has 6 nitrogen and oxygen atoms in total. The second-order valence-corrected chi connectivity index (χ2v) is 5.28. The van der Waals surface area contributed by atoms with Crippen LogP contribution in [0.25, 0.3) is 22.3 Å². The normalized spacial score (nSPS) is 13.1. The smallest absolute Gasteiger partial charge is 0.231 e. The van der Waals surface area contributed by atoms with Gasteiger partial charge in [-0.05, 0) is 18.6 Å². The highest BCUT2D eigenvalue weighted by atomic mass is 35.5. The summed E-state index contributed by atoms with van der Waals surface area (Å²) in [6.45, 7) is 2.18. The number of hydrogen-bond acceptors (Lipinski definition) is 5. The Bertz CT molecular complexity index is 875. The summed E-state index contributed by atoms with van der Waals surface area (Å²) in [5, 5.41) is 9.52. The molecule has 0 amide bonds. The van der Waals surface area contributed by atoms with E-state index in [0.717, 1.165) is 22.2 Å². The van der Waals surface area contributed by atoms with Gasteiger partial charge in [-0.1, -0.05) is 16.8 Å². The fraction of sp³-hybridized carbons (Fsp3) is 0.214. The molecular weight excluding hydrogens is 292 g/mol. The molecule has 2 aromatic heterocycles. The summed E-state index contributed by atoms with van der Waals surface area (Å²) in [7, 11) is 1.80. The zero-order chi connectivity index (χ0) is 14.6. The first-order valence-corrected chi connectivity index (χ1v) is 6.77. The fourth-order valence-corrected chi connectivity index (χ4v) is 2.66. The van der Waals surface area contributed by atoms with Gasteiger partial charge in [-0.3, -0.25) is 4.68 Å². The molecule has 0 fully saturated rings. The van der Waals surface area contributed by atoms with Gasteiger partial charge in [-0.2, -0.15) is 0 Å². The maximum absolute atomic E-state index is 6.46. The number of fused-ring (bicyclic) bond motifs is 2. The van der Waals surface area contributed by atoms with Gasteiger partial charge in [0.05, 0.1) is 16.7 Å². The molecule has 0 saturated heterocycles. The van der Waals surface area contributed by atoms with Crippen LogP contribution in [-0.2, 0) is 7.05 Å². The number of aryl methyl sites for hydroxylation is 2. The first kappa shape index (κ1) is 12.4. The number of pyridine rings is 1. The maximum Gasteiger partial charge on any atom is 0.231 e. The van der Waals surface area contributed by atoms with Gasteiger partial charge in [0.25, 0.3) is 0 Å². The van der Waals surface area contributed by atoms with E-state index in [4.69, 9.17) is 21.1 Å². The minimum Gasteiger partial charge on any atom is -0.454 e. The van der Waals surface area contributed by atoms with Crippen molar-refractivity contribution in [3.8, 4) is 22.9 Å². The molecule has 106 valence electrons. The second kappa shape index (κ2) is 4.33. The Morgan fingerprint density at radius 3 is 2.71 bits per heavy atom. The molecule has 1 aromatic carbocycles. The highest BCUT2D eigenvalue weighted by Crippen LogP contribution is 2.39. The van der Waals surface area contributed by atoms with Crippen LogP contribution >= 0.6 is 11.6 Å². The highest BCUT2D eigenvalue weighted by molar-refractivity contribution is 6.34. The van der Waals surface area contributed by atoms with Gasteiger partial charge >= 0.3 is 0 Å². The molecule has 0 N–H and O–H groups in total. The van der Waals surface area contributed by atoms with E-state index < -0.39 is 0 Å². The van der Waals surface area contributed by atoms with Crippen molar-refractivity contribution in [1.29, 1.82) is 0 Å². The van der Waals surface area contributed by atoms with Crippen molar-refractivity contribution in [2.75, 3.05) is 6.79 Å². The van der Waals surface area contributed by atoms with E-state index in [2.05, 4.69) is 15.3 Å². The van der Waals surface area contributed by atoms with Crippen LogP contribution in [0.1, 0.15) is 5.56 Å². The van der Waals surface area contributed by atoms with Crippen LogP contribution in [0.3, 0.4) is 0 Å². The van der Waals surface area contributed by atoms with E-state index >= 15 is 0 Å². The van der Waals surface area contributed by atoms with Crippen LogP contribution in [0.5, 0.6) is 11.5 Å². The lowest BCUT2D eigenvalue weighted by atomic mass is 10.1. The van der Waals surface area contributed by atoms with Crippen molar-refractivity contribution in [1.82, 2.24) is 20.0 Å². The Kier molecular flexibility index (Phi) is 2.56. The van der Waals surface area contributed by atoms with Crippen molar-refractivity contribution in [2.45, 2.75) is 6.92 Å². The van der Waals surface area contributed by atoms with Crippen LogP contribution < -0.4 is 9.47 Å². The Hall–Kier alpha value is -2.34. The summed E-state index contributed by atoms with van der Waals surface area (Å²) in [6, 6.07) is 3.77. The molecule has 0 bridgehead atoms. The molecule has 0 unspecified atom stereocenters. The van der Waals surface area contributed by atoms with Crippen molar-refractivity contribution >= 4 is 22.5 Å². The first-order valence-electron chi connectivity index (χ1n) is 6.39. The summed E-state index contributed by atoms with van der Waals surface area (Å²) < 4.78 is 12.4. The lowest BCUT2D eigenvalue weighted by molar-refractivity contribution is 0.174. The third-order valence-electron chi connectivity index (χ3n) is 3.51. The molecular formula is C14H11ClN4O2. The largest absolute Gasteiger partial charge is 0.454 e. The second-order valence-electron chi connectivity index (χ2n) is 4.90. The van der Waals surface area contributed by atoms with Gasteiger partial charge in [-0.15, -0.1) is 5.10 Å². The molecule has 3 aromatic rings. The van der Waals surface area contributed by atoms with Crippen molar-refractivity contribution in [3.05, 3.63) is 28.9 Å². The van der Waals surface area contributed by atoms with Crippen molar-refractivity contribution in [2.24, 2.45) is 7.05 Å². The number of aromatic nitrogens is 4. The third kappa shape index (κ3) is 1.83. The molecule has 0 saturated carbocycles. The Balaban J connectivity index is 2.01. The summed E-state index contributed by atoms with van der Waals surface area (Å²) in [5.41, 5.74) is 2.99. The Morgan fingerprint density at radius 2 is 2.00 bits per heavy atom. The quantitative estimate of drug-likeness (QED) is 0.691. The zero-order valence-corrected chi connectivity index (χ0v) is 12.2. The van der Waals surface area contributed by atoms with Crippen LogP contribution in [0.2, 0.25) is 5.02 Å². The summed E-state index contributed by atoms with van der Waals surface area (Å²) in [4.78, 5) is 4.61. The minimum atomic E-state index is 0.232. The number of ether oxygens (including phenoxy) is 2. The molecule has 0 radical (unpaired) electrons. The van der Waals surface area contributed by atoms with Gasteiger partial charge in [0, 0.05) is 18.5 Å². The topological polar surface area (TPSA) is 62.1 Å². The van der Waals surface area contributed by atoms with Gasteiger partial charge in [-0.25, -0.2) is 4.98 Å². The number of rotatable bonds is 1. The van der Waals surface area contributed by atoms with Crippen molar-refractivity contribution < 1.29 is 9.47 Å². The lowest BCUT2D eigenvalue weighted by Gasteiger charge is -2.09. The average molecular weight is 303 g/mol. The molecule has 1 aliphatic heterocycles. The standard InChI is InChI=1S/C14H11ClN4O2/c1-7-8-3-11-12(21-6-20-11)4-9(8)16-14(13(7)15)10-5-19(2)18-17-10/h3-5H,6H2,1-2H3. The minimum absolute atomic E-state index is 0.232. The first-order chi connectivity index (χ1) is 10.1. The van der Waals surface area contributed by atoms with E-state index in [1.165, 1.54) is 0 Å². The average Bonchev–Trinajstić information content (AvgIpc) is 3.09. The van der Waals surface area contributed by atoms with E-state index in [1.54, 1.807) is 17.9 Å². The van der Waals surface area contributed by atoms with Crippen molar-refractivity contribution in [3.63, 3.8) is 0 Å². The lowest BCUT2D eigenvalue weighted by Crippen LogP contribution is -1.92. The molecule has 1 aliphatic rings. The predicted octanol–water partition coefficient (Wildman–Crippen LogP) is 2.72. The Labute approximate surface area is 125 Å². The van der Waals surface area contributed by atoms with Gasteiger partial charge in [0.15, 0.2) is 11.5 Å². The number of benzene rings is 1. The summed E-state index contributed by atoms with van der Waals surface area (Å²) in [5.74, 6) is 1.41. The monoisotopic (exact) mass is 302 g/mol. The number of hydrogen-bond donors (Lipinski definition) is 0. The molecule has 0 spiro atoms. The van der Waals surface area contributed by atoms with E-state index in [-0.39, 0.29) is 6.79 Å². The van der Waals surface area contributed by atoms with Gasteiger partial charge in [0.2, 0.25) is 6.79 Å². The molecule has 0 aliphatic carbocycles. The Morgan fingerprint density at radius 1 is 1.24 bits per heavy atom. The third-order valence-corrected chi connectivity index (χ3v) is 3.97. The van der Waals surface area contributed by atoms with Gasteiger partial charge < -0.3 is 9.47 Å². The molecule has 3 heterocycles. The predicted molar refractivity (Wildman–Crippen MR) is 77.6 cm³/mol. The molecule has 4 rings (SSSR count). The van der Waals surface area contributed by atoms with E-state index in [9.17, 15) is 0 Å². The number of nitrogens with zero attached hydrogens (tertiary/aromatic N) is 4. The van der Waals surface area contributed by atoms with Crippen LogP contribution in [0.15, 0.2) is 18.3 Å². The summed E-state index contributed by atoms with van der Waals surface area (Å²) >= 11 is 6.46. The zero-order valence-electron chi connectivity index (χ0n) is 11.4. The molecule has 0 atom stereocenters.